The second kappa shape index (κ2) is 7.44. The molecule has 0 radical (unpaired) electrons. The van der Waals surface area contributed by atoms with E-state index in [1.807, 2.05) is 43.3 Å². The molecule has 0 saturated heterocycles. The Morgan fingerprint density at radius 1 is 1.00 bits per heavy atom. The van der Waals surface area contributed by atoms with Crippen LogP contribution in [0.3, 0.4) is 0 Å². The van der Waals surface area contributed by atoms with Crippen molar-refractivity contribution in [3.63, 3.8) is 0 Å². The highest BCUT2D eigenvalue weighted by atomic mass is 16.5. The summed E-state index contributed by atoms with van der Waals surface area (Å²) in [5.74, 6) is 0.999. The standard InChI is InChI=1S/C19H18N4O2/c1-13-10-18(21-12-20-13)22-14-6-5-7-15(11-14)23-19(24)16-8-3-4-9-17(16)25-2/h3-12H,1-2H3,(H,23,24)(H,20,21,22). The molecule has 1 aromatic heterocycles. The number of ether oxygens (including phenoxy) is 1. The minimum atomic E-state index is -0.229. The minimum absolute atomic E-state index is 0.229. The van der Waals surface area contributed by atoms with Crippen molar-refractivity contribution in [2.45, 2.75) is 6.92 Å². The van der Waals surface area contributed by atoms with E-state index in [9.17, 15) is 4.79 Å². The Labute approximate surface area is 145 Å². The third kappa shape index (κ3) is 4.11. The highest BCUT2D eigenvalue weighted by Crippen LogP contribution is 2.22. The van der Waals surface area contributed by atoms with Gasteiger partial charge in [0.25, 0.3) is 5.91 Å². The maximum absolute atomic E-state index is 12.5. The number of rotatable bonds is 5. The van der Waals surface area contributed by atoms with Gasteiger partial charge in [0.2, 0.25) is 0 Å². The van der Waals surface area contributed by atoms with Crippen LogP contribution in [0, 0.1) is 6.92 Å². The van der Waals surface area contributed by atoms with E-state index < -0.39 is 0 Å². The van der Waals surface area contributed by atoms with Crippen LogP contribution in [0.25, 0.3) is 0 Å². The molecule has 25 heavy (non-hydrogen) atoms. The molecule has 6 heteroatoms. The first-order chi connectivity index (χ1) is 12.2. The largest absolute Gasteiger partial charge is 0.496 e. The molecule has 126 valence electrons. The highest BCUT2D eigenvalue weighted by Gasteiger charge is 2.11. The zero-order valence-electron chi connectivity index (χ0n) is 14.0. The van der Waals surface area contributed by atoms with Crippen LogP contribution in [0.5, 0.6) is 5.75 Å². The van der Waals surface area contributed by atoms with Crippen molar-refractivity contribution in [2.75, 3.05) is 17.7 Å². The van der Waals surface area contributed by atoms with Gasteiger partial charge in [-0.05, 0) is 37.3 Å². The first-order valence-electron chi connectivity index (χ1n) is 7.76. The van der Waals surface area contributed by atoms with Crippen molar-refractivity contribution in [1.29, 1.82) is 0 Å². The molecular weight excluding hydrogens is 316 g/mol. The molecule has 3 aromatic rings. The van der Waals surface area contributed by atoms with Gasteiger partial charge in [-0.25, -0.2) is 9.97 Å². The van der Waals surface area contributed by atoms with E-state index in [1.54, 1.807) is 25.3 Å². The summed E-state index contributed by atoms with van der Waals surface area (Å²) in [6.45, 7) is 1.90. The third-order valence-electron chi connectivity index (χ3n) is 3.55. The number of hydrogen-bond acceptors (Lipinski definition) is 5. The molecule has 2 N–H and O–H groups in total. The molecule has 0 saturated carbocycles. The summed E-state index contributed by atoms with van der Waals surface area (Å²) < 4.78 is 5.23. The van der Waals surface area contributed by atoms with Crippen molar-refractivity contribution < 1.29 is 9.53 Å². The molecule has 2 aromatic carbocycles. The summed E-state index contributed by atoms with van der Waals surface area (Å²) in [6, 6.07) is 16.4. The summed E-state index contributed by atoms with van der Waals surface area (Å²) in [4.78, 5) is 20.7. The lowest BCUT2D eigenvalue weighted by molar-refractivity contribution is 0.102. The fourth-order valence-electron chi connectivity index (χ4n) is 2.38. The van der Waals surface area contributed by atoms with Crippen molar-refractivity contribution in [3.8, 4) is 5.75 Å². The molecule has 1 heterocycles. The number of nitrogens with zero attached hydrogens (tertiary/aromatic N) is 2. The Morgan fingerprint density at radius 3 is 2.60 bits per heavy atom. The molecule has 0 bridgehead atoms. The minimum Gasteiger partial charge on any atom is -0.496 e. The van der Waals surface area contributed by atoms with Crippen LogP contribution in [0.2, 0.25) is 0 Å². The van der Waals surface area contributed by atoms with Crippen LogP contribution in [0.15, 0.2) is 60.9 Å². The fourth-order valence-corrected chi connectivity index (χ4v) is 2.38. The van der Waals surface area contributed by atoms with Crippen LogP contribution < -0.4 is 15.4 Å². The fraction of sp³-hybridized carbons (Fsp3) is 0.105. The molecule has 1 amide bonds. The molecule has 3 rings (SSSR count). The van der Waals surface area contributed by atoms with Crippen LogP contribution in [-0.2, 0) is 0 Å². The van der Waals surface area contributed by atoms with Crippen LogP contribution >= 0.6 is 0 Å². The van der Waals surface area contributed by atoms with Gasteiger partial charge in [-0.3, -0.25) is 4.79 Å². The lowest BCUT2D eigenvalue weighted by Crippen LogP contribution is -2.13. The summed E-state index contributed by atoms with van der Waals surface area (Å²) in [6.07, 6.45) is 1.50. The van der Waals surface area contributed by atoms with Gasteiger partial charge in [0, 0.05) is 23.1 Å². The molecule has 0 fully saturated rings. The van der Waals surface area contributed by atoms with E-state index in [2.05, 4.69) is 20.6 Å². The Balaban J connectivity index is 1.76. The number of benzene rings is 2. The van der Waals surface area contributed by atoms with Crippen LogP contribution in [0.1, 0.15) is 16.1 Å². The molecule has 0 unspecified atom stereocenters. The van der Waals surface area contributed by atoms with E-state index in [1.165, 1.54) is 6.33 Å². The quantitative estimate of drug-likeness (QED) is 0.742. The molecule has 0 aliphatic rings. The number of nitrogens with one attached hydrogen (secondary N) is 2. The predicted octanol–water partition coefficient (Wildman–Crippen LogP) is 3.79. The Hall–Kier alpha value is -3.41. The number of methoxy groups -OCH3 is 1. The van der Waals surface area contributed by atoms with Crippen molar-refractivity contribution in [2.24, 2.45) is 0 Å². The van der Waals surface area contributed by atoms with Crippen molar-refractivity contribution in [1.82, 2.24) is 9.97 Å². The number of para-hydroxylation sites is 1. The number of anilines is 3. The smallest absolute Gasteiger partial charge is 0.259 e. The average Bonchev–Trinajstić information content (AvgIpc) is 2.62. The maximum atomic E-state index is 12.5. The van der Waals surface area contributed by atoms with Gasteiger partial charge in [-0.1, -0.05) is 18.2 Å². The second-order valence-electron chi connectivity index (χ2n) is 5.40. The summed E-state index contributed by atoms with van der Waals surface area (Å²) in [7, 11) is 1.54. The normalized spacial score (nSPS) is 10.2. The first-order valence-corrected chi connectivity index (χ1v) is 7.76. The van der Waals surface area contributed by atoms with E-state index in [4.69, 9.17) is 4.74 Å². The number of aromatic nitrogens is 2. The number of amides is 1. The summed E-state index contributed by atoms with van der Waals surface area (Å²) in [5, 5.41) is 6.07. The summed E-state index contributed by atoms with van der Waals surface area (Å²) >= 11 is 0. The van der Waals surface area contributed by atoms with E-state index >= 15 is 0 Å². The topological polar surface area (TPSA) is 76.1 Å². The molecule has 0 aliphatic carbocycles. The second-order valence-corrected chi connectivity index (χ2v) is 5.40. The van der Waals surface area contributed by atoms with Gasteiger partial charge in [0.05, 0.1) is 12.7 Å². The summed E-state index contributed by atoms with van der Waals surface area (Å²) in [5.41, 5.74) is 2.84. The van der Waals surface area contributed by atoms with Gasteiger partial charge in [0.1, 0.15) is 17.9 Å². The van der Waals surface area contributed by atoms with Gasteiger partial charge >= 0.3 is 0 Å². The zero-order chi connectivity index (χ0) is 17.6. The van der Waals surface area contributed by atoms with E-state index in [0.29, 0.717) is 22.8 Å². The maximum Gasteiger partial charge on any atom is 0.259 e. The van der Waals surface area contributed by atoms with Crippen molar-refractivity contribution in [3.05, 3.63) is 72.2 Å². The average molecular weight is 334 g/mol. The van der Waals surface area contributed by atoms with E-state index in [0.717, 1.165) is 11.4 Å². The molecule has 0 atom stereocenters. The lowest BCUT2D eigenvalue weighted by atomic mass is 10.2. The van der Waals surface area contributed by atoms with Gasteiger partial charge < -0.3 is 15.4 Å². The Morgan fingerprint density at radius 2 is 1.80 bits per heavy atom. The number of carbonyl (C=O) groups excluding carboxylic acids is 1. The van der Waals surface area contributed by atoms with Crippen LogP contribution in [0.4, 0.5) is 17.2 Å². The van der Waals surface area contributed by atoms with Gasteiger partial charge in [0.15, 0.2) is 0 Å². The van der Waals surface area contributed by atoms with Gasteiger partial charge in [-0.2, -0.15) is 0 Å². The van der Waals surface area contributed by atoms with Gasteiger partial charge in [-0.15, -0.1) is 0 Å². The number of hydrogen-bond donors (Lipinski definition) is 2. The Bertz CT molecular complexity index is 896. The SMILES string of the molecule is COc1ccccc1C(=O)Nc1cccc(Nc2cc(C)ncn2)c1. The van der Waals surface area contributed by atoms with Crippen molar-refractivity contribution >= 4 is 23.1 Å². The third-order valence-corrected chi connectivity index (χ3v) is 3.55. The monoisotopic (exact) mass is 334 g/mol. The Kier molecular flexibility index (Phi) is 4.89. The van der Waals surface area contributed by atoms with Crippen LogP contribution in [-0.4, -0.2) is 23.0 Å². The molecule has 0 spiro atoms. The highest BCUT2D eigenvalue weighted by molar-refractivity contribution is 6.06. The lowest BCUT2D eigenvalue weighted by Gasteiger charge is -2.11. The predicted molar refractivity (Wildman–Crippen MR) is 97.4 cm³/mol. The molecular formula is C19H18N4O2. The number of carbonyl (C=O) groups is 1. The molecule has 6 nitrogen and oxygen atoms in total. The molecule has 0 aliphatic heterocycles. The zero-order valence-corrected chi connectivity index (χ0v) is 14.0. The first kappa shape index (κ1) is 16.4. The van der Waals surface area contributed by atoms with E-state index in [-0.39, 0.29) is 5.91 Å². The number of aryl methyl sites for hydroxylation is 1.